The second kappa shape index (κ2) is 2.79. The van der Waals surface area contributed by atoms with Crippen molar-refractivity contribution >= 4 is 20.6 Å². The molecular weight excluding hydrogens is 100 g/mol. The summed E-state index contributed by atoms with van der Waals surface area (Å²) in [6.45, 7) is 2.11. The van der Waals surface area contributed by atoms with Crippen molar-refractivity contribution in [3.63, 3.8) is 0 Å². The van der Waals surface area contributed by atoms with Crippen molar-refractivity contribution in [3.05, 3.63) is 0 Å². The van der Waals surface area contributed by atoms with Gasteiger partial charge in [-0.15, -0.1) is 9.45 Å². The van der Waals surface area contributed by atoms with E-state index in [1.165, 1.54) is 0 Å². The average molecular weight is 108 g/mol. The molecule has 0 amide bonds. The highest BCUT2D eigenvalue weighted by atomic mass is 32.8. The van der Waals surface area contributed by atoms with Crippen molar-refractivity contribution in [2.45, 2.75) is 6.92 Å². The molecule has 0 aliphatic carbocycles. The average Bonchev–Trinajstić information content (AvgIpc) is 1.38. The molecule has 0 aromatic heterocycles. The fraction of sp³-hybridized carbons (Fsp3) is 1.00. The Hall–Kier alpha value is 0.570. The van der Waals surface area contributed by atoms with Gasteiger partial charge in [-0.3, -0.25) is 0 Å². The van der Waals surface area contributed by atoms with E-state index in [1.807, 2.05) is 0 Å². The number of hydrogen-bond acceptors (Lipinski definition) is 1. The summed E-state index contributed by atoms with van der Waals surface area (Å²) in [6, 6.07) is 0. The summed E-state index contributed by atoms with van der Waals surface area (Å²) in [6.07, 6.45) is 2.06. The highest BCUT2D eigenvalue weighted by Gasteiger charge is 1.67. The first-order chi connectivity index (χ1) is 2.27. The quantitative estimate of drug-likeness (QED) is 0.477. The van der Waals surface area contributed by atoms with E-state index >= 15 is 0 Å². The van der Waals surface area contributed by atoms with E-state index in [1.54, 1.807) is 0 Å². The summed E-state index contributed by atoms with van der Waals surface area (Å²) in [7, 11) is 0.261. The lowest BCUT2D eigenvalue weighted by molar-refractivity contribution is 1.53. The summed E-state index contributed by atoms with van der Waals surface area (Å²) in [5.74, 6) is 1.15. The number of rotatable bonds is 1. The Morgan fingerprint density at radius 2 is 2.00 bits per heavy atom. The van der Waals surface area contributed by atoms with Crippen LogP contribution in [0.15, 0.2) is 0 Å². The van der Waals surface area contributed by atoms with Crippen molar-refractivity contribution < 1.29 is 0 Å². The van der Waals surface area contributed by atoms with Gasteiger partial charge in [-0.2, -0.15) is 0 Å². The molecule has 0 aliphatic rings. The van der Waals surface area contributed by atoms with Crippen LogP contribution in [0, 0.1) is 0 Å². The van der Waals surface area contributed by atoms with Crippen molar-refractivity contribution in [3.8, 4) is 0 Å². The molecule has 0 nitrogen and oxygen atoms in total. The predicted molar refractivity (Wildman–Crippen MR) is 31.2 cm³/mol. The Morgan fingerprint density at radius 3 is 2.00 bits per heavy atom. The molecule has 1 atom stereocenters. The van der Waals surface area contributed by atoms with Gasteiger partial charge in [0.15, 0.2) is 0 Å². The molecule has 0 fully saturated rings. The molecule has 0 saturated heterocycles. The van der Waals surface area contributed by atoms with Crippen molar-refractivity contribution in [1.82, 2.24) is 0 Å². The molecular formula is C3H8S2. The summed E-state index contributed by atoms with van der Waals surface area (Å²) < 4.78 is 0. The van der Waals surface area contributed by atoms with Crippen LogP contribution < -0.4 is 0 Å². The van der Waals surface area contributed by atoms with Crippen LogP contribution in [0.2, 0.25) is 0 Å². The van der Waals surface area contributed by atoms with E-state index < -0.39 is 0 Å². The monoisotopic (exact) mass is 108 g/mol. The zero-order valence-corrected chi connectivity index (χ0v) is 5.16. The maximum Gasteiger partial charge on any atom is -0.00520 e. The van der Waals surface area contributed by atoms with Crippen LogP contribution in [0.3, 0.4) is 0 Å². The first kappa shape index (κ1) is 5.57. The molecule has 2 heteroatoms. The fourth-order valence-electron chi connectivity index (χ4n) is 0. The standard InChI is InChI=1S/C3H8S2/c1-3-5(2)4/h3H2,1-2H3. The smallest absolute Gasteiger partial charge is 0.00520 e. The maximum absolute atomic E-state index is 4.81. The predicted octanol–water partition coefficient (Wildman–Crippen LogP) is 0.716. The van der Waals surface area contributed by atoms with Gasteiger partial charge < -0.3 is 0 Å². The van der Waals surface area contributed by atoms with Crippen LogP contribution in [0.5, 0.6) is 0 Å². The molecule has 0 radical (unpaired) electrons. The molecule has 0 spiro atoms. The minimum absolute atomic E-state index is 0.261. The lowest BCUT2D eigenvalue weighted by atomic mass is 11.0. The van der Waals surface area contributed by atoms with Gasteiger partial charge in [0, 0.05) is 0 Å². The van der Waals surface area contributed by atoms with Gasteiger partial charge in [-0.05, 0) is 12.0 Å². The lowest BCUT2D eigenvalue weighted by Gasteiger charge is -1.79. The van der Waals surface area contributed by atoms with Crippen LogP contribution >= 0.6 is 0 Å². The Morgan fingerprint density at radius 1 is 1.80 bits per heavy atom. The highest BCUT2D eigenvalue weighted by Crippen LogP contribution is 1.66. The van der Waals surface area contributed by atoms with Crippen LogP contribution in [-0.2, 0) is 20.6 Å². The molecule has 0 heterocycles. The fourth-order valence-corrected chi connectivity index (χ4v) is 0. The van der Waals surface area contributed by atoms with E-state index in [0.717, 1.165) is 5.75 Å². The van der Waals surface area contributed by atoms with E-state index in [4.69, 9.17) is 11.2 Å². The maximum atomic E-state index is 4.81. The Labute approximate surface area is 40.2 Å². The molecule has 0 rings (SSSR count). The van der Waals surface area contributed by atoms with E-state index in [0.29, 0.717) is 0 Å². The second-order valence-electron chi connectivity index (χ2n) is 0.862. The number of hydrogen-bond donors (Lipinski definition) is 0. The van der Waals surface area contributed by atoms with Crippen LogP contribution in [0.25, 0.3) is 0 Å². The largest absolute Gasteiger partial charge is 0.125 e. The third-order valence-corrected chi connectivity index (χ3v) is 1.93. The van der Waals surface area contributed by atoms with E-state index in [-0.39, 0.29) is 9.45 Å². The molecule has 0 saturated carbocycles. The SMILES string of the molecule is CCS(C)=S. The zero-order chi connectivity index (χ0) is 4.28. The summed E-state index contributed by atoms with van der Waals surface area (Å²) in [5.41, 5.74) is 0. The summed E-state index contributed by atoms with van der Waals surface area (Å²) in [4.78, 5) is 0. The second-order valence-corrected chi connectivity index (χ2v) is 4.29. The minimum atomic E-state index is 0.261. The zero-order valence-electron chi connectivity index (χ0n) is 3.52. The molecule has 5 heavy (non-hydrogen) atoms. The van der Waals surface area contributed by atoms with E-state index in [2.05, 4.69) is 13.2 Å². The molecule has 0 bridgehead atoms. The van der Waals surface area contributed by atoms with Gasteiger partial charge >= 0.3 is 0 Å². The highest BCUT2D eigenvalue weighted by molar-refractivity contribution is 8.28. The van der Waals surface area contributed by atoms with Crippen LogP contribution in [0.1, 0.15) is 6.92 Å². The van der Waals surface area contributed by atoms with Crippen molar-refractivity contribution in [2.75, 3.05) is 12.0 Å². The third-order valence-electron chi connectivity index (χ3n) is 0.407. The third kappa shape index (κ3) is 4.57. The van der Waals surface area contributed by atoms with Gasteiger partial charge in [-0.25, -0.2) is 0 Å². The van der Waals surface area contributed by atoms with Gasteiger partial charge in [0.25, 0.3) is 0 Å². The topological polar surface area (TPSA) is 0 Å². The molecule has 0 aromatic rings. The molecule has 0 aromatic carbocycles. The molecule has 0 aliphatic heterocycles. The van der Waals surface area contributed by atoms with Crippen molar-refractivity contribution in [2.24, 2.45) is 0 Å². The molecule has 32 valence electrons. The van der Waals surface area contributed by atoms with Gasteiger partial charge in [-0.1, -0.05) is 18.1 Å². The molecule has 0 N–H and O–H groups in total. The summed E-state index contributed by atoms with van der Waals surface area (Å²) >= 11 is 4.81. The van der Waals surface area contributed by atoms with Gasteiger partial charge in [0.2, 0.25) is 0 Å². The lowest BCUT2D eigenvalue weighted by Crippen LogP contribution is -1.81. The van der Waals surface area contributed by atoms with E-state index in [9.17, 15) is 0 Å². The first-order valence-corrected chi connectivity index (χ1v) is 4.30. The summed E-state index contributed by atoms with van der Waals surface area (Å²) in [5, 5.41) is 0. The minimum Gasteiger partial charge on any atom is -0.125 e. The van der Waals surface area contributed by atoms with Crippen LogP contribution in [0.4, 0.5) is 0 Å². The normalized spacial score (nSPS) is 14.8. The Balaban J connectivity index is 2.85. The Kier molecular flexibility index (Phi) is 3.11. The van der Waals surface area contributed by atoms with Crippen molar-refractivity contribution in [1.29, 1.82) is 0 Å². The Bertz CT molecular complexity index is 40.2. The van der Waals surface area contributed by atoms with Gasteiger partial charge in [0.1, 0.15) is 0 Å². The van der Waals surface area contributed by atoms with Crippen LogP contribution in [-0.4, -0.2) is 12.0 Å². The molecule has 1 unspecified atom stereocenters. The first-order valence-electron chi connectivity index (χ1n) is 1.57. The van der Waals surface area contributed by atoms with Gasteiger partial charge in [0.05, 0.1) is 0 Å².